The number of hydrogen-bond acceptors (Lipinski definition) is 6. The first-order valence-electron chi connectivity index (χ1n) is 8.35. The van der Waals surface area contributed by atoms with Gasteiger partial charge in [0.1, 0.15) is 0 Å². The van der Waals surface area contributed by atoms with E-state index in [4.69, 9.17) is 17.3 Å². The molecule has 2 rings (SSSR count). The van der Waals surface area contributed by atoms with Gasteiger partial charge in [-0.3, -0.25) is 9.80 Å². The van der Waals surface area contributed by atoms with Crippen LogP contribution in [0.5, 0.6) is 0 Å². The number of allylic oxidation sites excluding steroid dienone is 1. The molecule has 0 unspecified atom stereocenters. The van der Waals surface area contributed by atoms with Crippen LogP contribution >= 0.6 is 0 Å². The normalized spacial score (nSPS) is 22.1. The third-order valence-corrected chi connectivity index (χ3v) is 4.41. The van der Waals surface area contributed by atoms with Crippen LogP contribution in [0.1, 0.15) is 51.5 Å². The Kier molecular flexibility index (Phi) is 6.18. The molecule has 23 heavy (non-hydrogen) atoms. The van der Waals surface area contributed by atoms with E-state index in [9.17, 15) is 4.79 Å². The summed E-state index contributed by atoms with van der Waals surface area (Å²) in [6, 6.07) is 3.26. The first kappa shape index (κ1) is 17.5. The highest BCUT2D eigenvalue weighted by Gasteiger charge is 2.23. The van der Waals surface area contributed by atoms with Crippen molar-refractivity contribution in [3.63, 3.8) is 0 Å². The fraction of sp³-hybridized carbons (Fsp3) is 0.625. The van der Waals surface area contributed by atoms with Gasteiger partial charge in [-0.05, 0) is 50.6 Å². The number of nitrogens with zero attached hydrogens (tertiary/aromatic N) is 3. The Hall–Kier alpha value is -1.86. The molecular weight excluding hydrogens is 292 g/mol. The maximum absolute atomic E-state index is 12.1. The van der Waals surface area contributed by atoms with Crippen molar-refractivity contribution in [1.82, 2.24) is 9.78 Å². The molecule has 0 amide bonds. The number of hydrogen-bond donors (Lipinski definition) is 3. The third-order valence-electron chi connectivity index (χ3n) is 4.41. The zero-order chi connectivity index (χ0) is 16.8. The van der Waals surface area contributed by atoms with Gasteiger partial charge in [-0.1, -0.05) is 13.3 Å². The van der Waals surface area contributed by atoms with Crippen molar-refractivity contribution in [3.05, 3.63) is 34.4 Å². The van der Waals surface area contributed by atoms with Crippen LogP contribution in [0, 0.1) is 5.92 Å². The lowest BCUT2D eigenvalue weighted by Gasteiger charge is -2.28. The smallest absolute Gasteiger partial charge is 0.267 e. The van der Waals surface area contributed by atoms with Gasteiger partial charge in [-0.2, -0.15) is 5.10 Å². The maximum atomic E-state index is 12.1. The fourth-order valence-electron chi connectivity index (χ4n) is 3.04. The van der Waals surface area contributed by atoms with Crippen molar-refractivity contribution in [2.75, 3.05) is 11.6 Å². The van der Waals surface area contributed by atoms with Gasteiger partial charge in [-0.25, -0.2) is 10.5 Å². The Morgan fingerprint density at radius 3 is 2.70 bits per heavy atom. The van der Waals surface area contributed by atoms with Crippen molar-refractivity contribution in [1.29, 1.82) is 0 Å². The molecule has 0 aliphatic heterocycles. The predicted octanol–water partition coefficient (Wildman–Crippen LogP) is 1.21. The van der Waals surface area contributed by atoms with Crippen molar-refractivity contribution in [3.8, 4) is 0 Å². The predicted molar refractivity (Wildman–Crippen MR) is 92.4 cm³/mol. The van der Waals surface area contributed by atoms with Crippen LogP contribution in [0.4, 0.5) is 5.82 Å². The molecule has 1 fully saturated rings. The molecule has 0 aromatic carbocycles. The SMILES string of the molecule is CCC/C(N)=C/N(N)c1ccc(=O)n(C2CCC(CN)CC2)n1. The number of aromatic nitrogens is 2. The van der Waals surface area contributed by atoms with Crippen LogP contribution in [0.2, 0.25) is 0 Å². The molecule has 0 atom stereocenters. The Morgan fingerprint density at radius 2 is 2.09 bits per heavy atom. The molecule has 7 nitrogen and oxygen atoms in total. The molecule has 7 heteroatoms. The van der Waals surface area contributed by atoms with E-state index in [2.05, 4.69) is 12.0 Å². The van der Waals surface area contributed by atoms with Crippen LogP contribution in [0.25, 0.3) is 0 Å². The first-order chi connectivity index (χ1) is 11.0. The van der Waals surface area contributed by atoms with E-state index >= 15 is 0 Å². The van der Waals surface area contributed by atoms with Crippen LogP contribution in [0.3, 0.4) is 0 Å². The quantitative estimate of drug-likeness (QED) is 0.536. The molecule has 1 aromatic heterocycles. The van der Waals surface area contributed by atoms with Crippen molar-refractivity contribution < 1.29 is 0 Å². The summed E-state index contributed by atoms with van der Waals surface area (Å²) in [6.45, 7) is 2.77. The summed E-state index contributed by atoms with van der Waals surface area (Å²) in [6.07, 6.45) is 7.31. The monoisotopic (exact) mass is 320 g/mol. The molecule has 1 heterocycles. The van der Waals surface area contributed by atoms with E-state index in [1.165, 1.54) is 11.1 Å². The number of hydrazine groups is 1. The summed E-state index contributed by atoms with van der Waals surface area (Å²) in [5.41, 5.74) is 12.2. The van der Waals surface area contributed by atoms with Crippen molar-refractivity contribution in [2.45, 2.75) is 51.5 Å². The third kappa shape index (κ3) is 4.56. The average Bonchev–Trinajstić information content (AvgIpc) is 2.55. The number of rotatable bonds is 6. The van der Waals surface area contributed by atoms with E-state index in [1.54, 1.807) is 16.9 Å². The van der Waals surface area contributed by atoms with Gasteiger partial charge in [0.15, 0.2) is 5.82 Å². The lowest BCUT2D eigenvalue weighted by atomic mass is 9.86. The van der Waals surface area contributed by atoms with E-state index in [0.29, 0.717) is 24.0 Å². The van der Waals surface area contributed by atoms with E-state index in [0.717, 1.165) is 38.5 Å². The summed E-state index contributed by atoms with van der Waals surface area (Å²) in [5, 5.41) is 5.82. The number of anilines is 1. The molecule has 1 aromatic rings. The van der Waals surface area contributed by atoms with Gasteiger partial charge in [0.25, 0.3) is 5.56 Å². The highest BCUT2D eigenvalue weighted by Crippen LogP contribution is 2.30. The average molecular weight is 320 g/mol. The Labute approximate surface area is 137 Å². The number of nitrogens with two attached hydrogens (primary N) is 3. The second-order valence-electron chi connectivity index (χ2n) is 6.25. The minimum atomic E-state index is -0.0936. The summed E-state index contributed by atoms with van der Waals surface area (Å²) in [5.74, 6) is 7.08. The van der Waals surface area contributed by atoms with Crippen LogP contribution < -0.4 is 27.9 Å². The second kappa shape index (κ2) is 8.12. The molecule has 0 spiro atoms. The summed E-state index contributed by atoms with van der Waals surface area (Å²) in [7, 11) is 0. The molecule has 1 aliphatic carbocycles. The van der Waals surface area contributed by atoms with Gasteiger partial charge < -0.3 is 11.5 Å². The van der Waals surface area contributed by atoms with E-state index in [1.807, 2.05) is 0 Å². The Morgan fingerprint density at radius 1 is 1.39 bits per heavy atom. The summed E-state index contributed by atoms with van der Waals surface area (Å²) in [4.78, 5) is 12.1. The van der Waals surface area contributed by atoms with Crippen molar-refractivity contribution >= 4 is 5.82 Å². The zero-order valence-electron chi connectivity index (χ0n) is 13.8. The van der Waals surface area contributed by atoms with Crippen molar-refractivity contribution in [2.24, 2.45) is 23.2 Å². The standard InChI is InChI=1S/C16H28N6O/c1-2-3-13(18)11-21(19)15-8-9-16(23)22(20-15)14-6-4-12(10-17)5-7-14/h8-9,11-12,14H,2-7,10,17-19H2,1H3/b13-11-. The topological polar surface area (TPSA) is 116 Å². The molecule has 1 saturated carbocycles. The van der Waals surface area contributed by atoms with Crippen LogP contribution in [-0.4, -0.2) is 16.3 Å². The molecule has 1 aliphatic rings. The Bertz CT molecular complexity index is 588. The van der Waals surface area contributed by atoms with Crippen LogP contribution in [-0.2, 0) is 0 Å². The maximum Gasteiger partial charge on any atom is 0.267 e. The Balaban J connectivity index is 2.16. The van der Waals surface area contributed by atoms with Gasteiger partial charge >= 0.3 is 0 Å². The summed E-state index contributed by atoms with van der Waals surface area (Å²) < 4.78 is 1.56. The highest BCUT2D eigenvalue weighted by atomic mass is 16.1. The largest absolute Gasteiger partial charge is 0.401 e. The molecule has 128 valence electrons. The minimum absolute atomic E-state index is 0.0936. The van der Waals surface area contributed by atoms with E-state index in [-0.39, 0.29) is 11.6 Å². The van der Waals surface area contributed by atoms with Gasteiger partial charge in [-0.15, -0.1) is 0 Å². The van der Waals surface area contributed by atoms with Crippen LogP contribution in [0.15, 0.2) is 28.8 Å². The molecule has 6 N–H and O–H groups in total. The fourth-order valence-corrected chi connectivity index (χ4v) is 3.04. The van der Waals surface area contributed by atoms with Gasteiger partial charge in [0.05, 0.1) is 6.04 Å². The first-order valence-corrected chi connectivity index (χ1v) is 8.35. The molecular formula is C16H28N6O. The molecule has 0 bridgehead atoms. The highest BCUT2D eigenvalue weighted by molar-refractivity contribution is 5.38. The van der Waals surface area contributed by atoms with Gasteiger partial charge in [0.2, 0.25) is 0 Å². The van der Waals surface area contributed by atoms with E-state index < -0.39 is 0 Å². The lowest BCUT2D eigenvalue weighted by Crippen LogP contribution is -2.34. The summed E-state index contributed by atoms with van der Waals surface area (Å²) >= 11 is 0. The second-order valence-corrected chi connectivity index (χ2v) is 6.25. The minimum Gasteiger partial charge on any atom is -0.401 e. The zero-order valence-corrected chi connectivity index (χ0v) is 13.8. The molecule has 0 radical (unpaired) electrons. The lowest BCUT2D eigenvalue weighted by molar-refractivity contribution is 0.259. The molecule has 0 saturated heterocycles. The van der Waals surface area contributed by atoms with Gasteiger partial charge in [0, 0.05) is 18.0 Å².